The fourth-order valence-electron chi connectivity index (χ4n) is 1.22. The van der Waals surface area contributed by atoms with Crippen molar-refractivity contribution in [2.24, 2.45) is 0 Å². The summed E-state index contributed by atoms with van der Waals surface area (Å²) in [4.78, 5) is 10.1. The lowest BCUT2D eigenvalue weighted by Crippen LogP contribution is -2.10. The maximum Gasteiger partial charge on any atom is 0.273 e. The highest BCUT2D eigenvalue weighted by Crippen LogP contribution is 2.26. The molecule has 0 saturated heterocycles. The molecule has 0 spiro atoms. The van der Waals surface area contributed by atoms with Crippen LogP contribution in [0.5, 0.6) is 5.75 Å². The number of nitrogens with zero attached hydrogens (tertiary/aromatic N) is 1. The molecule has 2 N–H and O–H groups in total. The molecule has 1 aromatic carbocycles. The minimum atomic E-state index is -0.499. The van der Waals surface area contributed by atoms with Gasteiger partial charge >= 0.3 is 0 Å². The van der Waals surface area contributed by atoms with Crippen LogP contribution in [0.15, 0.2) is 18.2 Å². The van der Waals surface area contributed by atoms with E-state index in [1.807, 2.05) is 0 Å². The van der Waals surface area contributed by atoms with Crippen molar-refractivity contribution in [3.63, 3.8) is 0 Å². The molecular weight excluding hydrogens is 240 g/mol. The number of anilines is 1. The zero-order valence-corrected chi connectivity index (χ0v) is 10.1. The molecule has 0 bridgehead atoms. The van der Waals surface area contributed by atoms with E-state index in [1.165, 1.54) is 18.2 Å². The highest BCUT2D eigenvalue weighted by atomic mass is 16.6. The molecule has 0 atom stereocenters. The predicted molar refractivity (Wildman–Crippen MR) is 65.7 cm³/mol. The molecule has 0 radical (unpaired) electrons. The smallest absolute Gasteiger partial charge is 0.273 e. The van der Waals surface area contributed by atoms with E-state index in [2.05, 4.69) is 0 Å². The molecule has 0 saturated carbocycles. The van der Waals surface area contributed by atoms with Gasteiger partial charge < -0.3 is 19.9 Å². The number of ether oxygens (including phenoxy) is 3. The van der Waals surface area contributed by atoms with Crippen molar-refractivity contribution >= 4 is 11.4 Å². The van der Waals surface area contributed by atoms with Crippen LogP contribution in [0.1, 0.15) is 0 Å². The Morgan fingerprint density at radius 2 is 2.00 bits per heavy atom. The van der Waals surface area contributed by atoms with Gasteiger partial charge in [0.1, 0.15) is 12.4 Å². The largest absolute Gasteiger partial charge is 0.489 e. The van der Waals surface area contributed by atoms with Crippen LogP contribution in [0.3, 0.4) is 0 Å². The van der Waals surface area contributed by atoms with Crippen LogP contribution in [0.2, 0.25) is 0 Å². The Kier molecular flexibility index (Phi) is 5.89. The number of hydrogen-bond donors (Lipinski definition) is 1. The van der Waals surface area contributed by atoms with Crippen molar-refractivity contribution in [1.82, 2.24) is 0 Å². The lowest BCUT2D eigenvalue weighted by Gasteiger charge is -2.08. The standard InChI is InChI=1S/C11H16N2O5/c1-16-4-5-17-6-7-18-11-8-9(13(14)15)2-3-10(11)12/h2-3,8H,4-7,12H2,1H3. The summed E-state index contributed by atoms with van der Waals surface area (Å²) in [5, 5.41) is 10.6. The first kappa shape index (κ1) is 14.2. The van der Waals surface area contributed by atoms with Crippen LogP contribution in [0, 0.1) is 10.1 Å². The summed E-state index contributed by atoms with van der Waals surface area (Å²) < 4.78 is 15.3. The van der Waals surface area contributed by atoms with Crippen LogP contribution < -0.4 is 10.5 Å². The average molecular weight is 256 g/mol. The number of nitro benzene ring substituents is 1. The summed E-state index contributed by atoms with van der Waals surface area (Å²) in [7, 11) is 1.59. The maximum absolute atomic E-state index is 10.6. The zero-order valence-electron chi connectivity index (χ0n) is 10.1. The first-order chi connectivity index (χ1) is 8.65. The molecule has 0 fully saturated rings. The van der Waals surface area contributed by atoms with Gasteiger partial charge in [0.25, 0.3) is 5.69 Å². The first-order valence-electron chi connectivity index (χ1n) is 5.38. The van der Waals surface area contributed by atoms with E-state index >= 15 is 0 Å². The number of non-ortho nitro benzene ring substituents is 1. The van der Waals surface area contributed by atoms with Crippen molar-refractivity contribution in [2.75, 3.05) is 39.3 Å². The van der Waals surface area contributed by atoms with Gasteiger partial charge in [0.2, 0.25) is 0 Å². The molecule has 0 unspecified atom stereocenters. The van der Waals surface area contributed by atoms with E-state index in [0.29, 0.717) is 31.3 Å². The van der Waals surface area contributed by atoms with Crippen molar-refractivity contribution in [1.29, 1.82) is 0 Å². The second-order valence-electron chi connectivity index (χ2n) is 3.43. The van der Waals surface area contributed by atoms with Crippen molar-refractivity contribution in [2.45, 2.75) is 0 Å². The molecule has 7 heteroatoms. The fourth-order valence-corrected chi connectivity index (χ4v) is 1.22. The Morgan fingerprint density at radius 1 is 1.28 bits per heavy atom. The lowest BCUT2D eigenvalue weighted by atomic mass is 10.2. The third kappa shape index (κ3) is 4.56. The monoisotopic (exact) mass is 256 g/mol. The Balaban J connectivity index is 2.41. The molecule has 0 aliphatic carbocycles. The van der Waals surface area contributed by atoms with Crippen LogP contribution >= 0.6 is 0 Å². The number of hydrogen-bond acceptors (Lipinski definition) is 6. The van der Waals surface area contributed by atoms with E-state index in [1.54, 1.807) is 7.11 Å². The van der Waals surface area contributed by atoms with Gasteiger partial charge in [-0.1, -0.05) is 0 Å². The second kappa shape index (κ2) is 7.46. The summed E-state index contributed by atoms with van der Waals surface area (Å²) in [6.45, 7) is 1.63. The van der Waals surface area contributed by atoms with Gasteiger partial charge in [0, 0.05) is 13.2 Å². The minimum Gasteiger partial charge on any atom is -0.489 e. The molecule has 1 aromatic rings. The second-order valence-corrected chi connectivity index (χ2v) is 3.43. The van der Waals surface area contributed by atoms with Gasteiger partial charge in [-0.25, -0.2) is 0 Å². The number of methoxy groups -OCH3 is 1. The highest BCUT2D eigenvalue weighted by molar-refractivity contribution is 5.57. The van der Waals surface area contributed by atoms with Gasteiger partial charge in [-0.3, -0.25) is 10.1 Å². The Morgan fingerprint density at radius 3 is 2.67 bits per heavy atom. The van der Waals surface area contributed by atoms with Crippen LogP contribution in [0.4, 0.5) is 11.4 Å². The summed E-state index contributed by atoms with van der Waals surface area (Å²) in [6, 6.07) is 4.07. The highest BCUT2D eigenvalue weighted by Gasteiger charge is 2.09. The molecular formula is C11H16N2O5. The van der Waals surface area contributed by atoms with Crippen LogP contribution in [0.25, 0.3) is 0 Å². The van der Waals surface area contributed by atoms with E-state index in [-0.39, 0.29) is 12.3 Å². The van der Waals surface area contributed by atoms with Crippen molar-refractivity contribution < 1.29 is 19.1 Å². The summed E-state index contributed by atoms with van der Waals surface area (Å²) in [5.74, 6) is 0.291. The summed E-state index contributed by atoms with van der Waals surface area (Å²) in [5.41, 5.74) is 5.95. The normalized spacial score (nSPS) is 10.3. The molecule has 100 valence electrons. The molecule has 0 aliphatic rings. The number of nitrogen functional groups attached to an aromatic ring is 1. The van der Waals surface area contributed by atoms with Crippen molar-refractivity contribution in [3.05, 3.63) is 28.3 Å². The molecule has 7 nitrogen and oxygen atoms in total. The van der Waals surface area contributed by atoms with E-state index in [4.69, 9.17) is 19.9 Å². The molecule has 18 heavy (non-hydrogen) atoms. The van der Waals surface area contributed by atoms with E-state index in [9.17, 15) is 10.1 Å². The predicted octanol–water partition coefficient (Wildman–Crippen LogP) is 1.22. The third-order valence-electron chi connectivity index (χ3n) is 2.12. The zero-order chi connectivity index (χ0) is 13.4. The van der Waals surface area contributed by atoms with Gasteiger partial charge in [0.05, 0.1) is 36.5 Å². The van der Waals surface area contributed by atoms with Gasteiger partial charge in [-0.05, 0) is 6.07 Å². The topological polar surface area (TPSA) is 96.8 Å². The number of benzene rings is 1. The fraction of sp³-hybridized carbons (Fsp3) is 0.455. The first-order valence-corrected chi connectivity index (χ1v) is 5.38. The van der Waals surface area contributed by atoms with E-state index in [0.717, 1.165) is 0 Å². The molecule has 0 amide bonds. The Bertz CT molecular complexity index is 397. The Hall–Kier alpha value is -1.86. The van der Waals surface area contributed by atoms with Gasteiger partial charge in [-0.2, -0.15) is 0 Å². The minimum absolute atomic E-state index is 0.0560. The Labute approximate surface area is 105 Å². The average Bonchev–Trinajstić information content (AvgIpc) is 2.35. The number of nitro groups is 1. The number of nitrogens with two attached hydrogens (primary N) is 1. The van der Waals surface area contributed by atoms with Gasteiger partial charge in [0.15, 0.2) is 0 Å². The quantitative estimate of drug-likeness (QED) is 0.325. The molecule has 0 aromatic heterocycles. The van der Waals surface area contributed by atoms with E-state index < -0.39 is 4.92 Å². The summed E-state index contributed by atoms with van der Waals surface area (Å²) >= 11 is 0. The molecule has 1 rings (SSSR count). The SMILES string of the molecule is COCCOCCOc1cc([N+](=O)[O-])ccc1N. The lowest BCUT2D eigenvalue weighted by molar-refractivity contribution is -0.384. The van der Waals surface area contributed by atoms with Crippen LogP contribution in [-0.2, 0) is 9.47 Å². The third-order valence-corrected chi connectivity index (χ3v) is 2.12. The van der Waals surface area contributed by atoms with Gasteiger partial charge in [-0.15, -0.1) is 0 Å². The molecule has 0 heterocycles. The maximum atomic E-state index is 10.6. The van der Waals surface area contributed by atoms with Crippen LogP contribution in [-0.4, -0.2) is 38.5 Å². The summed E-state index contributed by atoms with van der Waals surface area (Å²) in [6.07, 6.45) is 0. The number of rotatable bonds is 8. The molecule has 0 aliphatic heterocycles. The van der Waals surface area contributed by atoms with Crippen molar-refractivity contribution in [3.8, 4) is 5.75 Å².